The first-order valence-electron chi connectivity index (χ1n) is 7.54. The van der Waals surface area contributed by atoms with Gasteiger partial charge in [-0.25, -0.2) is 0 Å². The Balaban J connectivity index is 2.30. The Kier molecular flexibility index (Phi) is 5.97. The zero-order valence-corrected chi connectivity index (χ0v) is 13.5. The van der Waals surface area contributed by atoms with Gasteiger partial charge in [-0.2, -0.15) is 13.2 Å². The molecule has 2 aromatic rings. The minimum atomic E-state index is -4.44. The summed E-state index contributed by atoms with van der Waals surface area (Å²) in [7, 11) is 0. The van der Waals surface area contributed by atoms with Gasteiger partial charge in [0.2, 0.25) is 5.91 Å². The molecular weight excluding hydrogens is 335 g/mol. The topological polar surface area (TPSA) is 77.2 Å². The lowest BCUT2D eigenvalue weighted by Gasteiger charge is -2.15. The fourth-order valence-corrected chi connectivity index (χ4v) is 2.16. The van der Waals surface area contributed by atoms with Crippen molar-refractivity contribution in [1.29, 1.82) is 0 Å². The maximum Gasteiger partial charge on any atom is 0.422 e. The van der Waals surface area contributed by atoms with E-state index in [9.17, 15) is 18.0 Å². The number of rotatable bonds is 6. The molecule has 1 amide bonds. The zero-order chi connectivity index (χ0) is 18.4. The van der Waals surface area contributed by atoms with E-state index in [0.717, 1.165) is 5.56 Å². The highest BCUT2D eigenvalue weighted by molar-refractivity contribution is 5.96. The van der Waals surface area contributed by atoms with Crippen LogP contribution in [0.4, 0.5) is 18.9 Å². The van der Waals surface area contributed by atoms with E-state index in [1.165, 1.54) is 12.1 Å². The van der Waals surface area contributed by atoms with Gasteiger partial charge in [0.15, 0.2) is 6.61 Å². The molecule has 1 atom stereocenters. The highest BCUT2D eigenvalue weighted by Gasteiger charge is 2.28. The number of nitrogens with one attached hydrogen (secondary N) is 1. The van der Waals surface area contributed by atoms with Crippen LogP contribution in [0.1, 0.15) is 13.3 Å². The molecule has 25 heavy (non-hydrogen) atoms. The summed E-state index contributed by atoms with van der Waals surface area (Å²) in [4.78, 5) is 15.9. The van der Waals surface area contributed by atoms with Crippen LogP contribution in [0, 0.1) is 0 Å². The first-order chi connectivity index (χ1) is 11.7. The van der Waals surface area contributed by atoms with Gasteiger partial charge in [0.05, 0.1) is 5.69 Å². The van der Waals surface area contributed by atoms with Crippen LogP contribution in [-0.4, -0.2) is 29.7 Å². The van der Waals surface area contributed by atoms with Crippen LogP contribution in [-0.2, 0) is 4.79 Å². The van der Waals surface area contributed by atoms with Crippen molar-refractivity contribution < 1.29 is 22.7 Å². The first-order valence-corrected chi connectivity index (χ1v) is 7.54. The minimum absolute atomic E-state index is 0.00577. The molecule has 2 rings (SSSR count). The average Bonchev–Trinajstić information content (AvgIpc) is 2.52. The molecule has 0 spiro atoms. The summed E-state index contributed by atoms with van der Waals surface area (Å²) < 4.78 is 41.7. The number of hydrogen-bond acceptors (Lipinski definition) is 4. The molecule has 0 aliphatic heterocycles. The first kappa shape index (κ1) is 18.7. The largest absolute Gasteiger partial charge is 0.484 e. The minimum Gasteiger partial charge on any atom is -0.484 e. The molecule has 1 heterocycles. The van der Waals surface area contributed by atoms with E-state index in [4.69, 9.17) is 10.5 Å². The van der Waals surface area contributed by atoms with E-state index >= 15 is 0 Å². The van der Waals surface area contributed by atoms with Crippen molar-refractivity contribution >= 4 is 11.6 Å². The second kappa shape index (κ2) is 7.98. The number of carbonyl (C=O) groups excluding carboxylic acids is 1. The van der Waals surface area contributed by atoms with Crippen LogP contribution in [0.2, 0.25) is 0 Å². The predicted molar refractivity (Wildman–Crippen MR) is 88.1 cm³/mol. The number of nitrogens with zero attached hydrogens (tertiary/aromatic N) is 1. The number of halogens is 3. The number of carbonyl (C=O) groups is 1. The summed E-state index contributed by atoms with van der Waals surface area (Å²) in [6, 6.07) is 7.49. The Morgan fingerprint density at radius 1 is 1.28 bits per heavy atom. The molecule has 1 aromatic heterocycles. The Bertz CT molecular complexity index is 719. The molecule has 0 saturated carbocycles. The van der Waals surface area contributed by atoms with Crippen molar-refractivity contribution in [2.45, 2.75) is 25.6 Å². The predicted octanol–water partition coefficient (Wildman–Crippen LogP) is 3.37. The zero-order valence-electron chi connectivity index (χ0n) is 13.5. The summed E-state index contributed by atoms with van der Waals surface area (Å²) in [5.41, 5.74) is 7.34. The smallest absolute Gasteiger partial charge is 0.422 e. The van der Waals surface area contributed by atoms with Gasteiger partial charge in [-0.3, -0.25) is 9.78 Å². The van der Waals surface area contributed by atoms with Gasteiger partial charge in [0, 0.05) is 36.5 Å². The molecule has 0 aliphatic rings. The highest BCUT2D eigenvalue weighted by atomic mass is 19.4. The molecule has 0 saturated heterocycles. The van der Waals surface area contributed by atoms with Crippen LogP contribution in [0.3, 0.4) is 0 Å². The Hall–Kier alpha value is -2.61. The third kappa shape index (κ3) is 6.07. The number of aromatic nitrogens is 1. The van der Waals surface area contributed by atoms with Crippen molar-refractivity contribution in [3.05, 3.63) is 42.7 Å². The monoisotopic (exact) mass is 353 g/mol. The number of alkyl halides is 3. The number of benzene rings is 1. The summed E-state index contributed by atoms with van der Waals surface area (Å²) in [6.45, 7) is 0.279. The number of anilines is 1. The normalized spacial score (nSPS) is 12.5. The summed E-state index contributed by atoms with van der Waals surface area (Å²) >= 11 is 0. The Morgan fingerprint density at radius 2 is 1.96 bits per heavy atom. The van der Waals surface area contributed by atoms with Crippen molar-refractivity contribution in [3.63, 3.8) is 0 Å². The van der Waals surface area contributed by atoms with Gasteiger partial charge < -0.3 is 15.8 Å². The maximum absolute atomic E-state index is 12.3. The SMILES string of the molecule is CC(N)CC(=O)Nc1cc(OCC(F)(F)F)ccc1-c1ccncc1. The molecule has 0 bridgehead atoms. The Morgan fingerprint density at radius 3 is 2.56 bits per heavy atom. The third-order valence-corrected chi connectivity index (χ3v) is 3.17. The van der Waals surface area contributed by atoms with Crippen molar-refractivity contribution in [2.75, 3.05) is 11.9 Å². The second-order valence-electron chi connectivity index (χ2n) is 5.58. The van der Waals surface area contributed by atoms with Crippen LogP contribution < -0.4 is 15.8 Å². The molecule has 8 heteroatoms. The van der Waals surface area contributed by atoms with E-state index in [-0.39, 0.29) is 24.1 Å². The number of amides is 1. The van der Waals surface area contributed by atoms with Gasteiger partial charge in [-0.15, -0.1) is 0 Å². The standard InChI is InChI=1S/C17H18F3N3O2/c1-11(21)8-16(24)23-15-9-13(25-10-17(18,19)20)2-3-14(15)12-4-6-22-7-5-12/h2-7,9,11H,8,10,21H2,1H3,(H,23,24). The molecule has 0 radical (unpaired) electrons. The summed E-state index contributed by atoms with van der Waals surface area (Å²) in [5, 5.41) is 2.68. The molecule has 3 N–H and O–H groups in total. The van der Waals surface area contributed by atoms with Crippen LogP contribution in [0.25, 0.3) is 11.1 Å². The van der Waals surface area contributed by atoms with E-state index in [0.29, 0.717) is 11.3 Å². The highest BCUT2D eigenvalue weighted by Crippen LogP contribution is 2.32. The molecular formula is C17H18F3N3O2. The summed E-state index contributed by atoms with van der Waals surface area (Å²) in [5.74, 6) is -0.329. The molecule has 0 aliphatic carbocycles. The number of nitrogens with two attached hydrogens (primary N) is 1. The lowest BCUT2D eigenvalue weighted by molar-refractivity contribution is -0.153. The molecule has 1 unspecified atom stereocenters. The van der Waals surface area contributed by atoms with Crippen LogP contribution in [0.15, 0.2) is 42.7 Å². The van der Waals surface area contributed by atoms with Crippen molar-refractivity contribution in [2.24, 2.45) is 5.73 Å². The number of ether oxygens (including phenoxy) is 1. The maximum atomic E-state index is 12.3. The lowest BCUT2D eigenvalue weighted by Crippen LogP contribution is -2.24. The van der Waals surface area contributed by atoms with E-state index in [1.54, 1.807) is 37.5 Å². The van der Waals surface area contributed by atoms with Gasteiger partial charge in [-0.05, 0) is 36.8 Å². The fourth-order valence-electron chi connectivity index (χ4n) is 2.16. The van der Waals surface area contributed by atoms with Crippen molar-refractivity contribution in [1.82, 2.24) is 4.98 Å². The second-order valence-corrected chi connectivity index (χ2v) is 5.58. The van der Waals surface area contributed by atoms with E-state index in [1.807, 2.05) is 0 Å². The molecule has 0 fully saturated rings. The summed E-state index contributed by atoms with van der Waals surface area (Å²) in [6.07, 6.45) is -1.19. The van der Waals surface area contributed by atoms with Crippen molar-refractivity contribution in [3.8, 4) is 16.9 Å². The number of pyridine rings is 1. The van der Waals surface area contributed by atoms with Gasteiger partial charge in [-0.1, -0.05) is 0 Å². The lowest BCUT2D eigenvalue weighted by atomic mass is 10.0. The van der Waals surface area contributed by atoms with Crippen LogP contribution >= 0.6 is 0 Å². The van der Waals surface area contributed by atoms with E-state index < -0.39 is 12.8 Å². The van der Waals surface area contributed by atoms with Crippen LogP contribution in [0.5, 0.6) is 5.75 Å². The molecule has 5 nitrogen and oxygen atoms in total. The molecule has 134 valence electrons. The van der Waals surface area contributed by atoms with E-state index in [2.05, 4.69) is 10.3 Å². The number of hydrogen-bond donors (Lipinski definition) is 2. The fraction of sp³-hybridized carbons (Fsp3) is 0.294. The Labute approximate surface area is 143 Å². The third-order valence-electron chi connectivity index (χ3n) is 3.17. The van der Waals surface area contributed by atoms with Gasteiger partial charge in [0.25, 0.3) is 0 Å². The van der Waals surface area contributed by atoms with Gasteiger partial charge in [0.1, 0.15) is 5.75 Å². The quantitative estimate of drug-likeness (QED) is 0.835. The molecule has 1 aromatic carbocycles. The average molecular weight is 353 g/mol. The van der Waals surface area contributed by atoms with Gasteiger partial charge >= 0.3 is 6.18 Å².